The molecule has 0 aliphatic heterocycles. The molecular formula is C16H13ClN2O2. The van der Waals surface area contributed by atoms with Crippen LogP contribution in [-0.4, -0.2) is 17.2 Å². The maximum Gasteiger partial charge on any atom is 0.271 e. The first-order valence-corrected chi connectivity index (χ1v) is 6.57. The van der Waals surface area contributed by atoms with Crippen molar-refractivity contribution in [3.8, 4) is 5.75 Å². The van der Waals surface area contributed by atoms with Gasteiger partial charge >= 0.3 is 0 Å². The standard InChI is InChI=1S/C16H13ClN2O2/c17-14(10-12-4-2-1-3-5-12)11-18-19-16(21)13-6-8-15(20)9-7-13/h1-11,20H,(H,19,21)/b14-10+,18-11-. The smallest absolute Gasteiger partial charge is 0.271 e. The molecule has 0 atom stereocenters. The van der Waals surface area contributed by atoms with Gasteiger partial charge in [0.1, 0.15) is 5.75 Å². The molecule has 106 valence electrons. The molecule has 2 aromatic rings. The van der Waals surface area contributed by atoms with Crippen molar-refractivity contribution >= 4 is 29.8 Å². The van der Waals surface area contributed by atoms with Crippen molar-refractivity contribution < 1.29 is 9.90 Å². The van der Waals surface area contributed by atoms with Crippen molar-refractivity contribution in [3.63, 3.8) is 0 Å². The summed E-state index contributed by atoms with van der Waals surface area (Å²) >= 11 is 5.99. The second-order valence-electron chi connectivity index (χ2n) is 4.19. The zero-order valence-electron chi connectivity index (χ0n) is 11.0. The van der Waals surface area contributed by atoms with E-state index < -0.39 is 0 Å². The van der Waals surface area contributed by atoms with E-state index in [4.69, 9.17) is 16.7 Å². The maximum atomic E-state index is 11.7. The monoisotopic (exact) mass is 300 g/mol. The summed E-state index contributed by atoms with van der Waals surface area (Å²) in [6, 6.07) is 15.4. The summed E-state index contributed by atoms with van der Waals surface area (Å²) in [5.41, 5.74) is 3.70. The van der Waals surface area contributed by atoms with Gasteiger partial charge < -0.3 is 5.11 Å². The molecule has 2 rings (SSSR count). The van der Waals surface area contributed by atoms with Crippen LogP contribution in [0.3, 0.4) is 0 Å². The van der Waals surface area contributed by atoms with E-state index in [-0.39, 0.29) is 11.7 Å². The summed E-state index contributed by atoms with van der Waals surface area (Å²) in [5.74, 6) is -0.278. The third-order valence-electron chi connectivity index (χ3n) is 2.59. The lowest BCUT2D eigenvalue weighted by molar-refractivity contribution is 0.0955. The van der Waals surface area contributed by atoms with Crippen LogP contribution < -0.4 is 5.43 Å². The van der Waals surface area contributed by atoms with Crippen molar-refractivity contribution in [2.24, 2.45) is 5.10 Å². The summed E-state index contributed by atoms with van der Waals surface area (Å²) in [4.78, 5) is 11.7. The van der Waals surface area contributed by atoms with E-state index in [0.29, 0.717) is 10.6 Å². The summed E-state index contributed by atoms with van der Waals surface area (Å²) < 4.78 is 0. The second-order valence-corrected chi connectivity index (χ2v) is 4.62. The van der Waals surface area contributed by atoms with Crippen LogP contribution in [-0.2, 0) is 0 Å². The van der Waals surface area contributed by atoms with E-state index >= 15 is 0 Å². The number of allylic oxidation sites excluding steroid dienone is 1. The minimum absolute atomic E-state index is 0.101. The number of halogens is 1. The van der Waals surface area contributed by atoms with Crippen LogP contribution in [0, 0.1) is 0 Å². The van der Waals surface area contributed by atoms with E-state index in [0.717, 1.165) is 5.56 Å². The lowest BCUT2D eigenvalue weighted by Gasteiger charge is -1.99. The number of nitrogens with zero attached hydrogens (tertiary/aromatic N) is 1. The highest BCUT2D eigenvalue weighted by Gasteiger charge is 2.03. The van der Waals surface area contributed by atoms with Gasteiger partial charge in [-0.1, -0.05) is 41.9 Å². The molecule has 5 heteroatoms. The van der Waals surface area contributed by atoms with Crippen molar-refractivity contribution in [1.29, 1.82) is 0 Å². The predicted octanol–water partition coefficient (Wildman–Crippen LogP) is 3.39. The average molecular weight is 301 g/mol. The van der Waals surface area contributed by atoms with Gasteiger partial charge in [0.2, 0.25) is 0 Å². The van der Waals surface area contributed by atoms with Gasteiger partial charge in [-0.25, -0.2) is 5.43 Å². The first-order chi connectivity index (χ1) is 10.1. The second kappa shape index (κ2) is 7.26. The van der Waals surface area contributed by atoms with Gasteiger partial charge in [-0.05, 0) is 35.9 Å². The number of hydrogen-bond acceptors (Lipinski definition) is 3. The van der Waals surface area contributed by atoms with E-state index in [2.05, 4.69) is 10.5 Å². The van der Waals surface area contributed by atoms with Gasteiger partial charge in [0.15, 0.2) is 0 Å². The van der Waals surface area contributed by atoms with E-state index in [9.17, 15) is 4.79 Å². The predicted molar refractivity (Wildman–Crippen MR) is 84.3 cm³/mol. The molecule has 2 N–H and O–H groups in total. The van der Waals surface area contributed by atoms with Gasteiger partial charge in [-0.15, -0.1) is 0 Å². The number of aromatic hydroxyl groups is 1. The molecule has 1 amide bonds. The van der Waals surface area contributed by atoms with Crippen LogP contribution in [0.25, 0.3) is 6.08 Å². The number of amides is 1. The summed E-state index contributed by atoms with van der Waals surface area (Å²) in [5, 5.41) is 13.3. The van der Waals surface area contributed by atoms with Crippen LogP contribution in [0.15, 0.2) is 64.7 Å². The van der Waals surface area contributed by atoms with Crippen LogP contribution >= 0.6 is 11.6 Å². The van der Waals surface area contributed by atoms with Crippen molar-refractivity contribution in [3.05, 3.63) is 70.8 Å². The topological polar surface area (TPSA) is 61.7 Å². The number of phenols is 1. The Kier molecular flexibility index (Phi) is 5.12. The largest absolute Gasteiger partial charge is 0.508 e. The zero-order valence-corrected chi connectivity index (χ0v) is 11.8. The van der Waals surface area contributed by atoms with Crippen LogP contribution in [0.2, 0.25) is 0 Å². The molecule has 0 saturated carbocycles. The first-order valence-electron chi connectivity index (χ1n) is 6.20. The Balaban J connectivity index is 1.94. The van der Waals surface area contributed by atoms with Crippen LogP contribution in [0.4, 0.5) is 0 Å². The van der Waals surface area contributed by atoms with E-state index in [1.54, 1.807) is 6.08 Å². The molecule has 0 radical (unpaired) electrons. The normalized spacial score (nSPS) is 11.6. The molecule has 21 heavy (non-hydrogen) atoms. The van der Waals surface area contributed by atoms with Crippen molar-refractivity contribution in [2.75, 3.05) is 0 Å². The Morgan fingerprint density at radius 3 is 2.43 bits per heavy atom. The SMILES string of the molecule is O=C(N/N=C\C(Cl)=C/c1ccccc1)c1ccc(O)cc1. The molecule has 0 aliphatic rings. The lowest BCUT2D eigenvalue weighted by atomic mass is 10.2. The molecule has 0 saturated heterocycles. The summed E-state index contributed by atoms with van der Waals surface area (Å²) in [7, 11) is 0. The van der Waals surface area contributed by atoms with E-state index in [1.165, 1.54) is 30.5 Å². The molecule has 0 aliphatic carbocycles. The number of hydrogen-bond donors (Lipinski definition) is 2. The highest BCUT2D eigenvalue weighted by molar-refractivity contribution is 6.41. The van der Waals surface area contributed by atoms with Crippen molar-refractivity contribution in [1.82, 2.24) is 5.43 Å². The number of nitrogens with one attached hydrogen (secondary N) is 1. The molecule has 0 aromatic heterocycles. The quantitative estimate of drug-likeness (QED) is 0.671. The Morgan fingerprint density at radius 2 is 1.76 bits per heavy atom. The highest BCUT2D eigenvalue weighted by atomic mass is 35.5. The zero-order chi connectivity index (χ0) is 15.1. The molecule has 0 bridgehead atoms. The van der Waals surface area contributed by atoms with Gasteiger partial charge in [0.25, 0.3) is 5.91 Å². The third-order valence-corrected chi connectivity index (χ3v) is 2.79. The molecule has 0 fully saturated rings. The molecular weight excluding hydrogens is 288 g/mol. The highest BCUT2D eigenvalue weighted by Crippen LogP contribution is 2.10. The fourth-order valence-electron chi connectivity index (χ4n) is 1.58. The number of carbonyl (C=O) groups is 1. The molecule has 0 spiro atoms. The lowest BCUT2D eigenvalue weighted by Crippen LogP contribution is -2.17. The first kappa shape index (κ1) is 14.8. The Labute approximate surface area is 127 Å². The fraction of sp³-hybridized carbons (Fsp3) is 0. The Bertz CT molecular complexity index is 664. The van der Waals surface area contributed by atoms with Gasteiger partial charge in [-0.3, -0.25) is 4.79 Å². The van der Waals surface area contributed by atoms with Crippen LogP contribution in [0.5, 0.6) is 5.75 Å². The Hall–Kier alpha value is -2.59. The third kappa shape index (κ3) is 4.78. The number of benzene rings is 2. The number of rotatable bonds is 4. The van der Waals surface area contributed by atoms with Gasteiger partial charge in [0, 0.05) is 5.56 Å². The summed E-state index contributed by atoms with van der Waals surface area (Å²) in [6.07, 6.45) is 3.09. The molecule has 0 unspecified atom stereocenters. The number of carbonyl (C=O) groups excluding carboxylic acids is 1. The summed E-state index contributed by atoms with van der Waals surface area (Å²) in [6.45, 7) is 0. The number of phenolic OH excluding ortho intramolecular Hbond substituents is 1. The molecule has 0 heterocycles. The molecule has 2 aromatic carbocycles. The van der Waals surface area contributed by atoms with Gasteiger partial charge in [-0.2, -0.15) is 5.10 Å². The minimum Gasteiger partial charge on any atom is -0.508 e. The minimum atomic E-state index is -0.379. The van der Waals surface area contributed by atoms with Gasteiger partial charge in [0.05, 0.1) is 11.2 Å². The molecule has 4 nitrogen and oxygen atoms in total. The van der Waals surface area contributed by atoms with E-state index in [1.807, 2.05) is 30.3 Å². The van der Waals surface area contributed by atoms with Crippen molar-refractivity contribution in [2.45, 2.75) is 0 Å². The average Bonchev–Trinajstić information content (AvgIpc) is 2.49. The Morgan fingerprint density at radius 1 is 1.10 bits per heavy atom. The maximum absolute atomic E-state index is 11.7. The fourth-order valence-corrected chi connectivity index (χ4v) is 1.75. The number of hydrazone groups is 1. The van der Waals surface area contributed by atoms with Crippen LogP contribution in [0.1, 0.15) is 15.9 Å².